The molecule has 0 spiro atoms. The lowest BCUT2D eigenvalue weighted by Gasteiger charge is -2.40. The zero-order chi connectivity index (χ0) is 10.2. The smallest absolute Gasteiger partial charge is 0.226 e. The zero-order valence-electron chi connectivity index (χ0n) is 9.25. The Bertz CT molecular complexity index is 237. The number of hydrogen-bond acceptors (Lipinski definition) is 1. The van der Waals surface area contributed by atoms with E-state index in [-0.39, 0.29) is 5.91 Å². The molecule has 80 valence electrons. The second kappa shape index (κ2) is 3.54. The molecule has 14 heavy (non-hydrogen) atoms. The summed E-state index contributed by atoms with van der Waals surface area (Å²) >= 11 is 0. The van der Waals surface area contributed by atoms with Gasteiger partial charge in [0.05, 0.1) is 33.1 Å². The van der Waals surface area contributed by atoms with Crippen molar-refractivity contribution in [3.05, 3.63) is 0 Å². The molecule has 2 rings (SSSR count). The summed E-state index contributed by atoms with van der Waals surface area (Å²) < 4.78 is 1.04. The Hall–Kier alpha value is -0.570. The molecule has 0 radical (unpaired) electrons. The molecule has 0 unspecified atom stereocenters. The van der Waals surface area contributed by atoms with Gasteiger partial charge in [-0.1, -0.05) is 0 Å². The first-order chi connectivity index (χ1) is 6.60. The van der Waals surface area contributed by atoms with Crippen molar-refractivity contribution in [1.82, 2.24) is 5.32 Å². The van der Waals surface area contributed by atoms with Gasteiger partial charge in [0.15, 0.2) is 0 Å². The van der Waals surface area contributed by atoms with Crippen LogP contribution in [0.5, 0.6) is 0 Å². The molecule has 3 heteroatoms. The Kier molecular flexibility index (Phi) is 2.52. The monoisotopic (exact) mass is 197 g/mol. The van der Waals surface area contributed by atoms with Crippen LogP contribution in [0.15, 0.2) is 0 Å². The number of amides is 1. The first kappa shape index (κ1) is 9.97. The second-order valence-corrected chi connectivity index (χ2v) is 5.23. The van der Waals surface area contributed by atoms with E-state index < -0.39 is 0 Å². The van der Waals surface area contributed by atoms with Crippen LogP contribution in [0.1, 0.15) is 32.1 Å². The summed E-state index contributed by atoms with van der Waals surface area (Å²) in [6, 6.07) is 1.18. The maximum atomic E-state index is 11.5. The number of carbonyl (C=O) groups excluding carboxylic acids is 1. The van der Waals surface area contributed by atoms with Crippen LogP contribution in [0.2, 0.25) is 0 Å². The molecule has 0 aromatic rings. The third-order valence-electron chi connectivity index (χ3n) is 4.16. The molecule has 0 aliphatic carbocycles. The minimum absolute atomic E-state index is 0.255. The fourth-order valence-corrected chi connectivity index (χ4v) is 2.92. The Morgan fingerprint density at radius 1 is 1.21 bits per heavy atom. The average molecular weight is 197 g/mol. The highest BCUT2D eigenvalue weighted by atomic mass is 16.1. The first-order valence-electron chi connectivity index (χ1n) is 5.71. The molecule has 2 aliphatic rings. The number of fused-ring (bicyclic) bond motifs is 2. The van der Waals surface area contributed by atoms with Crippen LogP contribution in [0.25, 0.3) is 0 Å². The van der Waals surface area contributed by atoms with Crippen LogP contribution in [-0.2, 0) is 4.79 Å². The van der Waals surface area contributed by atoms with Gasteiger partial charge in [-0.05, 0) is 19.3 Å². The molecule has 2 fully saturated rings. The van der Waals surface area contributed by atoms with E-state index in [0.29, 0.717) is 12.1 Å². The van der Waals surface area contributed by atoms with Crippen molar-refractivity contribution >= 4 is 5.91 Å². The van der Waals surface area contributed by atoms with Gasteiger partial charge < -0.3 is 9.80 Å². The summed E-state index contributed by atoms with van der Waals surface area (Å²) in [4.78, 5) is 11.5. The van der Waals surface area contributed by atoms with Gasteiger partial charge in [0, 0.05) is 6.42 Å². The van der Waals surface area contributed by atoms with Crippen LogP contribution in [0.4, 0.5) is 0 Å². The van der Waals surface area contributed by atoms with Crippen LogP contribution in [-0.4, -0.2) is 43.1 Å². The summed E-state index contributed by atoms with van der Waals surface area (Å²) in [5.74, 6) is 0.255. The average Bonchev–Trinajstić information content (AvgIpc) is 2.32. The number of rotatable bonds is 0. The highest BCUT2D eigenvalue weighted by Gasteiger charge is 2.41. The predicted molar refractivity (Wildman–Crippen MR) is 55.8 cm³/mol. The van der Waals surface area contributed by atoms with Gasteiger partial charge in [0.2, 0.25) is 5.91 Å². The lowest BCUT2D eigenvalue weighted by Crippen LogP contribution is -2.55. The van der Waals surface area contributed by atoms with Gasteiger partial charge in [-0.2, -0.15) is 0 Å². The highest BCUT2D eigenvalue weighted by molar-refractivity contribution is 5.76. The zero-order valence-corrected chi connectivity index (χ0v) is 9.25. The van der Waals surface area contributed by atoms with Crippen LogP contribution >= 0.6 is 0 Å². The molecule has 1 amide bonds. The molecular formula is C11H21N2O+. The van der Waals surface area contributed by atoms with Crippen molar-refractivity contribution in [2.24, 2.45) is 0 Å². The molecule has 0 aromatic heterocycles. The summed E-state index contributed by atoms with van der Waals surface area (Å²) in [6.45, 7) is 0.877. The molecule has 1 N–H and O–H groups in total. The van der Waals surface area contributed by atoms with E-state index in [1.807, 2.05) is 0 Å². The van der Waals surface area contributed by atoms with Crippen LogP contribution < -0.4 is 5.32 Å². The Morgan fingerprint density at radius 2 is 1.86 bits per heavy atom. The molecule has 3 nitrogen and oxygen atoms in total. The third kappa shape index (κ3) is 1.65. The molecule has 0 saturated carbocycles. The van der Waals surface area contributed by atoms with E-state index in [2.05, 4.69) is 19.4 Å². The van der Waals surface area contributed by atoms with Gasteiger partial charge >= 0.3 is 0 Å². The van der Waals surface area contributed by atoms with E-state index >= 15 is 0 Å². The highest BCUT2D eigenvalue weighted by Crippen LogP contribution is 2.29. The van der Waals surface area contributed by atoms with Crippen molar-refractivity contribution in [2.75, 3.05) is 20.6 Å². The van der Waals surface area contributed by atoms with E-state index in [1.54, 1.807) is 0 Å². The van der Waals surface area contributed by atoms with Gasteiger partial charge in [-0.25, -0.2) is 0 Å². The van der Waals surface area contributed by atoms with E-state index in [0.717, 1.165) is 17.4 Å². The molecule has 0 aromatic carbocycles. The number of nitrogens with zero attached hydrogens (tertiary/aromatic N) is 1. The van der Waals surface area contributed by atoms with E-state index in [9.17, 15) is 4.79 Å². The second-order valence-electron chi connectivity index (χ2n) is 5.23. The Balaban J connectivity index is 2.25. The standard InChI is InChI=1S/C11H20N2O/c1-13(2)9-5-3-4-6-10(13)8-12-11(14)7-9/h9-10H,3-8H2,1-2H3/p+1/t9-,10+/m0/s1. The lowest BCUT2D eigenvalue weighted by atomic mass is 10.1. The Labute approximate surface area is 86.1 Å². The van der Waals surface area contributed by atoms with E-state index in [4.69, 9.17) is 0 Å². The molecule has 2 saturated heterocycles. The van der Waals surface area contributed by atoms with Crippen molar-refractivity contribution in [3.63, 3.8) is 0 Å². The van der Waals surface area contributed by atoms with Gasteiger partial charge in [0.25, 0.3) is 0 Å². The topological polar surface area (TPSA) is 29.1 Å². The van der Waals surface area contributed by atoms with Crippen molar-refractivity contribution < 1.29 is 9.28 Å². The largest absolute Gasteiger partial charge is 0.350 e. The minimum Gasteiger partial charge on any atom is -0.350 e. The third-order valence-corrected chi connectivity index (χ3v) is 4.16. The van der Waals surface area contributed by atoms with Crippen LogP contribution in [0.3, 0.4) is 0 Å². The van der Waals surface area contributed by atoms with E-state index in [1.165, 1.54) is 25.7 Å². The maximum absolute atomic E-state index is 11.5. The number of quaternary nitrogens is 1. The van der Waals surface area contributed by atoms with Gasteiger partial charge in [-0.15, -0.1) is 0 Å². The number of likely N-dealkylation sites (N-methyl/N-ethyl adjacent to an activating group) is 1. The van der Waals surface area contributed by atoms with Crippen molar-refractivity contribution in [1.29, 1.82) is 0 Å². The fourth-order valence-electron chi connectivity index (χ4n) is 2.92. The maximum Gasteiger partial charge on any atom is 0.226 e. The summed E-state index contributed by atoms with van der Waals surface area (Å²) in [5.41, 5.74) is 0. The lowest BCUT2D eigenvalue weighted by molar-refractivity contribution is -0.935. The summed E-state index contributed by atoms with van der Waals surface area (Å²) in [5, 5.41) is 3.04. The van der Waals surface area contributed by atoms with Crippen LogP contribution in [0, 0.1) is 0 Å². The first-order valence-corrected chi connectivity index (χ1v) is 5.71. The van der Waals surface area contributed by atoms with Crippen molar-refractivity contribution in [3.8, 4) is 0 Å². The molecule has 2 aliphatic heterocycles. The molecule has 2 atom stereocenters. The molecule has 2 heterocycles. The summed E-state index contributed by atoms with van der Waals surface area (Å²) in [7, 11) is 4.59. The number of nitrogens with one attached hydrogen (secondary N) is 1. The van der Waals surface area contributed by atoms with Gasteiger partial charge in [0.1, 0.15) is 6.04 Å². The number of hydrogen-bond donors (Lipinski definition) is 1. The normalized spacial score (nSPS) is 36.9. The quantitative estimate of drug-likeness (QED) is 0.574. The fraction of sp³-hybridized carbons (Fsp3) is 0.909. The molecule has 2 bridgehead atoms. The summed E-state index contributed by atoms with van der Waals surface area (Å²) in [6.07, 6.45) is 5.85. The van der Waals surface area contributed by atoms with Gasteiger partial charge in [-0.3, -0.25) is 4.79 Å². The number of carbonyl (C=O) groups is 1. The minimum atomic E-state index is 0.255. The predicted octanol–water partition coefficient (Wildman–Crippen LogP) is 0.894. The van der Waals surface area contributed by atoms with Crippen molar-refractivity contribution in [2.45, 2.75) is 44.2 Å². The Morgan fingerprint density at radius 3 is 2.57 bits per heavy atom. The molecular weight excluding hydrogens is 176 g/mol. The SMILES string of the molecule is C[N+]1(C)[C@@H]2CCCC[C@H]1CC(=O)NC2.